The Labute approximate surface area is 132 Å². The van der Waals surface area contributed by atoms with Crippen molar-refractivity contribution >= 4 is 11.9 Å². The summed E-state index contributed by atoms with van der Waals surface area (Å²) in [6.45, 7) is 1.87. The van der Waals surface area contributed by atoms with Gasteiger partial charge in [-0.25, -0.2) is 0 Å². The molecule has 23 heavy (non-hydrogen) atoms. The first-order chi connectivity index (χ1) is 11.1. The number of anilines is 1. The average molecular weight is 313 g/mol. The quantitative estimate of drug-likeness (QED) is 0.792. The van der Waals surface area contributed by atoms with Gasteiger partial charge >= 0.3 is 6.01 Å². The van der Waals surface area contributed by atoms with Gasteiger partial charge in [0, 0.05) is 12.6 Å². The highest BCUT2D eigenvalue weighted by atomic mass is 16.5. The van der Waals surface area contributed by atoms with Gasteiger partial charge in [0.05, 0.1) is 12.8 Å². The molecule has 2 aromatic heterocycles. The van der Waals surface area contributed by atoms with Crippen molar-refractivity contribution in [3.8, 4) is 17.3 Å². The number of aromatic nitrogens is 4. The van der Waals surface area contributed by atoms with Crippen LogP contribution in [0.25, 0.3) is 11.6 Å². The van der Waals surface area contributed by atoms with E-state index in [2.05, 4.69) is 20.6 Å². The number of hydrogen-bond donors (Lipinski definition) is 1. The van der Waals surface area contributed by atoms with Crippen LogP contribution in [0.4, 0.5) is 6.01 Å². The number of carbonyl (C=O) groups excluding carboxylic acids is 1. The number of carbonyl (C=O) groups is 1. The van der Waals surface area contributed by atoms with E-state index in [0.29, 0.717) is 17.0 Å². The Hall–Kier alpha value is -3.16. The normalized spacial score (nSPS) is 10.6. The number of amides is 1. The lowest BCUT2D eigenvalue weighted by Crippen LogP contribution is -2.11. The molecular weight excluding hydrogens is 298 g/mol. The van der Waals surface area contributed by atoms with Crippen molar-refractivity contribution < 1.29 is 13.9 Å². The fourth-order valence-corrected chi connectivity index (χ4v) is 2.10. The number of nitrogens with one attached hydrogen (secondary N) is 1. The Bertz CT molecular complexity index is 835. The first kappa shape index (κ1) is 14.8. The van der Waals surface area contributed by atoms with Crippen LogP contribution in [0.5, 0.6) is 5.75 Å². The average Bonchev–Trinajstić information content (AvgIpc) is 3.13. The molecule has 1 aromatic carbocycles. The Morgan fingerprint density at radius 3 is 2.61 bits per heavy atom. The monoisotopic (exact) mass is 313 g/mol. The topological polar surface area (TPSA) is 95.1 Å². The number of aryl methyl sites for hydroxylation is 2. The zero-order chi connectivity index (χ0) is 16.4. The van der Waals surface area contributed by atoms with E-state index in [1.165, 1.54) is 0 Å². The Kier molecular flexibility index (Phi) is 3.80. The number of methoxy groups -OCH3 is 1. The molecule has 0 bridgehead atoms. The molecule has 0 fully saturated rings. The summed E-state index contributed by atoms with van der Waals surface area (Å²) in [5.74, 6) is 0.621. The standard InChI is InChI=1S/C15H15N5O3/c1-9-8-12(20(2)19-9)14-17-18-15(23-14)16-13(21)10-4-6-11(22-3)7-5-10/h4-8H,1-3H3,(H,16,18,21). The highest BCUT2D eigenvalue weighted by Crippen LogP contribution is 2.20. The summed E-state index contributed by atoms with van der Waals surface area (Å²) in [7, 11) is 3.34. The van der Waals surface area contributed by atoms with Gasteiger partial charge in [-0.1, -0.05) is 5.10 Å². The molecule has 0 aliphatic carbocycles. The smallest absolute Gasteiger partial charge is 0.322 e. The van der Waals surface area contributed by atoms with Crippen molar-refractivity contribution in [2.75, 3.05) is 12.4 Å². The molecule has 0 atom stereocenters. The molecular formula is C15H15N5O3. The fraction of sp³-hybridized carbons (Fsp3) is 0.200. The molecule has 0 unspecified atom stereocenters. The van der Waals surface area contributed by atoms with Gasteiger partial charge in [-0.15, -0.1) is 5.10 Å². The van der Waals surface area contributed by atoms with E-state index in [9.17, 15) is 4.79 Å². The van der Waals surface area contributed by atoms with Crippen LogP contribution in [-0.2, 0) is 7.05 Å². The lowest BCUT2D eigenvalue weighted by atomic mass is 10.2. The van der Waals surface area contributed by atoms with Crippen molar-refractivity contribution in [2.24, 2.45) is 7.05 Å². The Morgan fingerprint density at radius 1 is 1.26 bits per heavy atom. The van der Waals surface area contributed by atoms with Gasteiger partial charge in [0.15, 0.2) is 0 Å². The number of benzene rings is 1. The van der Waals surface area contributed by atoms with Gasteiger partial charge < -0.3 is 9.15 Å². The third kappa shape index (κ3) is 3.05. The number of nitrogens with zero attached hydrogens (tertiary/aromatic N) is 4. The molecule has 3 aromatic rings. The van der Waals surface area contributed by atoms with E-state index < -0.39 is 0 Å². The predicted molar refractivity (Wildman–Crippen MR) is 82.2 cm³/mol. The van der Waals surface area contributed by atoms with Crippen molar-refractivity contribution in [2.45, 2.75) is 6.92 Å². The Morgan fingerprint density at radius 2 is 2.00 bits per heavy atom. The molecule has 0 aliphatic rings. The van der Waals surface area contributed by atoms with E-state index >= 15 is 0 Å². The first-order valence-electron chi connectivity index (χ1n) is 6.87. The van der Waals surface area contributed by atoms with Gasteiger partial charge in [-0.05, 0) is 37.3 Å². The number of ether oxygens (including phenoxy) is 1. The minimum absolute atomic E-state index is 0.0275. The maximum absolute atomic E-state index is 12.1. The third-order valence-corrected chi connectivity index (χ3v) is 3.22. The highest BCUT2D eigenvalue weighted by Gasteiger charge is 2.15. The number of hydrogen-bond acceptors (Lipinski definition) is 6. The molecule has 0 spiro atoms. The molecule has 8 nitrogen and oxygen atoms in total. The zero-order valence-corrected chi connectivity index (χ0v) is 12.9. The molecule has 8 heteroatoms. The van der Waals surface area contributed by atoms with Crippen LogP contribution in [0.3, 0.4) is 0 Å². The summed E-state index contributed by atoms with van der Waals surface area (Å²) >= 11 is 0. The predicted octanol–water partition coefficient (Wildman–Crippen LogP) is 2.04. The van der Waals surface area contributed by atoms with Crippen LogP contribution in [-0.4, -0.2) is 33.0 Å². The SMILES string of the molecule is COc1ccc(C(=O)Nc2nnc(-c3cc(C)nn3C)o2)cc1. The van der Waals surface area contributed by atoms with E-state index in [-0.39, 0.29) is 17.8 Å². The van der Waals surface area contributed by atoms with E-state index in [1.54, 1.807) is 43.1 Å². The van der Waals surface area contributed by atoms with Crippen LogP contribution >= 0.6 is 0 Å². The molecule has 2 heterocycles. The fourth-order valence-electron chi connectivity index (χ4n) is 2.10. The molecule has 3 rings (SSSR count). The second-order valence-electron chi connectivity index (χ2n) is 4.89. The summed E-state index contributed by atoms with van der Waals surface area (Å²) in [5.41, 5.74) is 1.98. The summed E-state index contributed by atoms with van der Waals surface area (Å²) in [5, 5.41) is 14.5. The van der Waals surface area contributed by atoms with Crippen molar-refractivity contribution in [3.05, 3.63) is 41.6 Å². The first-order valence-corrected chi connectivity index (χ1v) is 6.87. The largest absolute Gasteiger partial charge is 0.497 e. The second-order valence-corrected chi connectivity index (χ2v) is 4.89. The number of rotatable bonds is 4. The summed E-state index contributed by atoms with van der Waals surface area (Å²) in [4.78, 5) is 12.1. The minimum Gasteiger partial charge on any atom is -0.497 e. The molecule has 0 radical (unpaired) electrons. The summed E-state index contributed by atoms with van der Waals surface area (Å²) in [6.07, 6.45) is 0. The van der Waals surface area contributed by atoms with Crippen LogP contribution in [0.2, 0.25) is 0 Å². The maximum Gasteiger partial charge on any atom is 0.322 e. The van der Waals surface area contributed by atoms with E-state index in [0.717, 1.165) is 5.69 Å². The zero-order valence-electron chi connectivity index (χ0n) is 12.9. The van der Waals surface area contributed by atoms with Crippen LogP contribution in [0.15, 0.2) is 34.7 Å². The molecule has 1 N–H and O–H groups in total. The van der Waals surface area contributed by atoms with Crippen LogP contribution in [0, 0.1) is 6.92 Å². The second kappa shape index (κ2) is 5.91. The molecule has 1 amide bonds. The van der Waals surface area contributed by atoms with Gasteiger partial charge in [0.25, 0.3) is 11.8 Å². The molecule has 0 saturated heterocycles. The Balaban J connectivity index is 1.75. The van der Waals surface area contributed by atoms with E-state index in [1.807, 2.05) is 13.0 Å². The van der Waals surface area contributed by atoms with Gasteiger partial charge in [-0.2, -0.15) is 5.10 Å². The highest BCUT2D eigenvalue weighted by molar-refractivity contribution is 6.03. The molecule has 0 saturated carbocycles. The van der Waals surface area contributed by atoms with Gasteiger partial charge in [-0.3, -0.25) is 14.8 Å². The summed E-state index contributed by atoms with van der Waals surface area (Å²) < 4.78 is 12.1. The summed E-state index contributed by atoms with van der Waals surface area (Å²) in [6, 6.07) is 8.55. The van der Waals surface area contributed by atoms with Gasteiger partial charge in [0.2, 0.25) is 0 Å². The lowest BCUT2D eigenvalue weighted by Gasteiger charge is -2.02. The molecule has 0 aliphatic heterocycles. The van der Waals surface area contributed by atoms with Crippen LogP contribution < -0.4 is 10.1 Å². The van der Waals surface area contributed by atoms with Gasteiger partial charge in [0.1, 0.15) is 11.4 Å². The molecule has 118 valence electrons. The van der Waals surface area contributed by atoms with Crippen molar-refractivity contribution in [1.82, 2.24) is 20.0 Å². The van der Waals surface area contributed by atoms with Crippen molar-refractivity contribution in [1.29, 1.82) is 0 Å². The maximum atomic E-state index is 12.1. The lowest BCUT2D eigenvalue weighted by molar-refractivity contribution is 0.102. The minimum atomic E-state index is -0.343. The van der Waals surface area contributed by atoms with E-state index in [4.69, 9.17) is 9.15 Å². The van der Waals surface area contributed by atoms with Crippen molar-refractivity contribution in [3.63, 3.8) is 0 Å². The third-order valence-electron chi connectivity index (χ3n) is 3.22. The van der Waals surface area contributed by atoms with Crippen LogP contribution in [0.1, 0.15) is 16.1 Å².